The number of Topliss-reactive ketones (excluding diaryl/α,β-unsaturated/α-hetero) is 1. The van der Waals surface area contributed by atoms with Crippen LogP contribution in [0.15, 0.2) is 36.1 Å². The Morgan fingerprint density at radius 3 is 2.33 bits per heavy atom. The number of rotatable bonds is 6. The molecule has 8 atom stereocenters. The molecule has 0 aromatic heterocycles. The predicted octanol–water partition coefficient (Wildman–Crippen LogP) is -0.996. The number of hydrogen-bond acceptors (Lipinski definition) is 14. The molecule has 14 nitrogen and oxygen atoms in total. The normalized spacial score (nSPS) is 33.0. The second-order valence-corrected chi connectivity index (χ2v) is 9.39. The molecule has 8 unspecified atom stereocenters. The van der Waals surface area contributed by atoms with Crippen molar-refractivity contribution in [2.75, 3.05) is 20.3 Å². The van der Waals surface area contributed by atoms with E-state index in [4.69, 9.17) is 28.4 Å². The lowest BCUT2D eigenvalue weighted by atomic mass is 10.0. The fourth-order valence-electron chi connectivity index (χ4n) is 4.50. The topological polar surface area (TPSA) is 214 Å². The van der Waals surface area contributed by atoms with Crippen LogP contribution in [0.1, 0.15) is 15.9 Å². The molecule has 3 aliphatic rings. The zero-order chi connectivity index (χ0) is 28.7. The summed E-state index contributed by atoms with van der Waals surface area (Å²) >= 11 is 0. The number of phenolic OH excluding ortho intramolecular Hbond substituents is 2. The summed E-state index contributed by atoms with van der Waals surface area (Å²) in [7, 11) is 1.31. The third-order valence-corrected chi connectivity index (χ3v) is 6.67. The molecule has 14 heteroatoms. The van der Waals surface area contributed by atoms with Gasteiger partial charge < -0.3 is 64.2 Å². The van der Waals surface area contributed by atoms with Crippen LogP contribution in [0.25, 0.3) is 6.08 Å². The van der Waals surface area contributed by atoms with Crippen LogP contribution >= 0.6 is 0 Å². The molecule has 5 rings (SSSR count). The Labute approximate surface area is 226 Å². The summed E-state index contributed by atoms with van der Waals surface area (Å²) in [6.07, 6.45) is -10.4. The maximum atomic E-state index is 12.9. The Balaban J connectivity index is 1.34. The SMILES string of the molecule is COc1c(OC2OCC(O)C(OC3OCC(O)C(O)C3O)C2O)ccc2c1OC(=Cc1ccc(O)c(O)c1)C2=O. The van der Waals surface area contributed by atoms with Crippen molar-refractivity contribution in [3.63, 3.8) is 0 Å². The van der Waals surface area contributed by atoms with Crippen LogP contribution in [0.4, 0.5) is 0 Å². The number of methoxy groups -OCH3 is 1. The first-order valence-corrected chi connectivity index (χ1v) is 12.2. The van der Waals surface area contributed by atoms with E-state index >= 15 is 0 Å². The van der Waals surface area contributed by atoms with Gasteiger partial charge in [0.15, 0.2) is 35.0 Å². The fraction of sp³-hybridized carbons (Fsp3) is 0.423. The number of carbonyl (C=O) groups excluding carboxylic acids is 1. The molecule has 0 saturated carbocycles. The van der Waals surface area contributed by atoms with Crippen molar-refractivity contribution in [1.29, 1.82) is 0 Å². The molecule has 2 saturated heterocycles. The van der Waals surface area contributed by atoms with Crippen LogP contribution in [-0.2, 0) is 14.2 Å². The molecule has 0 amide bonds. The summed E-state index contributed by atoms with van der Waals surface area (Å²) in [5.74, 6) is -1.20. The lowest BCUT2D eigenvalue weighted by Gasteiger charge is -2.42. The summed E-state index contributed by atoms with van der Waals surface area (Å²) in [4.78, 5) is 12.9. The molecule has 2 fully saturated rings. The molecule has 2 aromatic carbocycles. The van der Waals surface area contributed by atoms with Crippen molar-refractivity contribution in [2.24, 2.45) is 0 Å². The fourth-order valence-corrected chi connectivity index (χ4v) is 4.50. The molecule has 0 bridgehead atoms. The van der Waals surface area contributed by atoms with E-state index in [0.717, 1.165) is 0 Å². The van der Waals surface area contributed by atoms with E-state index in [1.165, 1.54) is 43.5 Å². The van der Waals surface area contributed by atoms with E-state index in [1.54, 1.807) is 0 Å². The Morgan fingerprint density at radius 1 is 0.875 bits per heavy atom. The van der Waals surface area contributed by atoms with E-state index < -0.39 is 55.0 Å². The highest BCUT2D eigenvalue weighted by atomic mass is 16.7. The zero-order valence-corrected chi connectivity index (χ0v) is 21.0. The van der Waals surface area contributed by atoms with E-state index in [1.807, 2.05) is 0 Å². The van der Waals surface area contributed by atoms with Crippen molar-refractivity contribution in [3.05, 3.63) is 47.2 Å². The first kappa shape index (κ1) is 28.1. The third-order valence-electron chi connectivity index (χ3n) is 6.67. The van der Waals surface area contributed by atoms with Gasteiger partial charge in [-0.05, 0) is 35.9 Å². The second-order valence-electron chi connectivity index (χ2n) is 9.39. The highest BCUT2D eigenvalue weighted by Gasteiger charge is 2.47. The molecule has 0 spiro atoms. The maximum absolute atomic E-state index is 12.9. The number of carbonyl (C=O) groups is 1. The van der Waals surface area contributed by atoms with Crippen molar-refractivity contribution in [3.8, 4) is 28.7 Å². The minimum atomic E-state index is -1.65. The highest BCUT2D eigenvalue weighted by molar-refractivity contribution is 6.15. The zero-order valence-electron chi connectivity index (χ0n) is 21.0. The van der Waals surface area contributed by atoms with Crippen molar-refractivity contribution in [2.45, 2.75) is 49.2 Å². The average molecular weight is 564 g/mol. The Kier molecular flexibility index (Phi) is 7.85. The predicted molar refractivity (Wildman–Crippen MR) is 131 cm³/mol. The van der Waals surface area contributed by atoms with Crippen molar-refractivity contribution >= 4 is 11.9 Å². The highest BCUT2D eigenvalue weighted by Crippen LogP contribution is 2.46. The lowest BCUT2D eigenvalue weighted by Crippen LogP contribution is -2.60. The first-order valence-electron chi connectivity index (χ1n) is 12.2. The molecule has 3 aliphatic heterocycles. The van der Waals surface area contributed by atoms with Gasteiger partial charge in [0, 0.05) is 0 Å². The number of hydrogen-bond donors (Lipinski definition) is 7. The van der Waals surface area contributed by atoms with Gasteiger partial charge in [0.05, 0.1) is 25.9 Å². The standard InChI is InChI=1S/C26H28O14/c1-35-24-16(5-3-11-18(31)17(38-22(11)24)7-10-2-4-12(27)13(28)6-10)39-26-21(34)23(15(30)9-37-26)40-25-20(33)19(32)14(29)8-36-25/h2-7,14-15,19-21,23,25-30,32-34H,8-9H2,1H3. The minimum Gasteiger partial charge on any atom is -0.504 e. The quantitative estimate of drug-likeness (QED) is 0.166. The number of allylic oxidation sites excluding steroid dienone is 1. The minimum absolute atomic E-state index is 0.00494. The summed E-state index contributed by atoms with van der Waals surface area (Å²) < 4.78 is 33.2. The first-order chi connectivity index (χ1) is 19.1. The second kappa shape index (κ2) is 11.2. The number of ketones is 1. The number of fused-ring (bicyclic) bond motifs is 1. The van der Waals surface area contributed by atoms with Gasteiger partial charge in [0.25, 0.3) is 0 Å². The smallest absolute Gasteiger partial charge is 0.232 e. The molecule has 40 heavy (non-hydrogen) atoms. The summed E-state index contributed by atoms with van der Waals surface area (Å²) in [5.41, 5.74) is 0.545. The van der Waals surface area contributed by atoms with Crippen LogP contribution in [0, 0.1) is 0 Å². The van der Waals surface area contributed by atoms with Gasteiger partial charge in [0.2, 0.25) is 17.8 Å². The van der Waals surface area contributed by atoms with E-state index in [9.17, 15) is 40.5 Å². The molecule has 7 N–H and O–H groups in total. The van der Waals surface area contributed by atoms with Gasteiger partial charge in [-0.25, -0.2) is 0 Å². The van der Waals surface area contributed by atoms with Crippen LogP contribution in [0.2, 0.25) is 0 Å². The largest absolute Gasteiger partial charge is 0.504 e. The molecule has 0 aliphatic carbocycles. The number of aliphatic hydroxyl groups excluding tert-OH is 5. The summed E-state index contributed by atoms with van der Waals surface area (Å²) in [5, 5.41) is 70.2. The van der Waals surface area contributed by atoms with Crippen LogP contribution in [-0.4, -0.2) is 111 Å². The van der Waals surface area contributed by atoms with Gasteiger partial charge in [0.1, 0.15) is 36.6 Å². The van der Waals surface area contributed by atoms with E-state index in [0.29, 0.717) is 5.56 Å². The molecule has 216 valence electrons. The van der Waals surface area contributed by atoms with Crippen molar-refractivity contribution in [1.82, 2.24) is 0 Å². The summed E-state index contributed by atoms with van der Waals surface area (Å²) in [6, 6.07) is 6.81. The number of aliphatic hydroxyl groups is 5. The molecule has 2 aromatic rings. The van der Waals surface area contributed by atoms with Crippen molar-refractivity contribution < 1.29 is 69.0 Å². The van der Waals surface area contributed by atoms with E-state index in [-0.39, 0.29) is 53.3 Å². The number of aromatic hydroxyl groups is 2. The van der Waals surface area contributed by atoms with Gasteiger partial charge in [-0.3, -0.25) is 4.79 Å². The van der Waals surface area contributed by atoms with Crippen LogP contribution in [0.3, 0.4) is 0 Å². The Morgan fingerprint density at radius 2 is 1.60 bits per heavy atom. The average Bonchev–Trinajstić information content (AvgIpc) is 3.24. The van der Waals surface area contributed by atoms with Crippen LogP contribution in [0.5, 0.6) is 28.7 Å². The number of ether oxygens (including phenoxy) is 6. The van der Waals surface area contributed by atoms with Gasteiger partial charge in [-0.2, -0.15) is 0 Å². The monoisotopic (exact) mass is 564 g/mol. The molecule has 0 radical (unpaired) electrons. The Bertz CT molecular complexity index is 1290. The third kappa shape index (κ3) is 5.18. The molecular weight excluding hydrogens is 536 g/mol. The van der Waals surface area contributed by atoms with Gasteiger partial charge in [-0.1, -0.05) is 6.07 Å². The number of benzene rings is 2. The maximum Gasteiger partial charge on any atom is 0.232 e. The van der Waals surface area contributed by atoms with E-state index in [2.05, 4.69) is 0 Å². The Hall–Kier alpha value is -3.47. The van der Waals surface area contributed by atoms with Gasteiger partial charge in [-0.15, -0.1) is 0 Å². The van der Waals surface area contributed by atoms with Crippen LogP contribution < -0.4 is 14.2 Å². The molecular formula is C26H28O14. The molecule has 3 heterocycles. The van der Waals surface area contributed by atoms with Gasteiger partial charge >= 0.3 is 0 Å². The summed E-state index contributed by atoms with van der Waals surface area (Å²) in [6.45, 7) is -0.678. The lowest BCUT2D eigenvalue weighted by molar-refractivity contribution is -0.326. The number of phenols is 2.